The maximum absolute atomic E-state index is 14.1. The number of halogens is 1. The molecule has 0 saturated carbocycles. The van der Waals surface area contributed by atoms with Crippen LogP contribution >= 0.6 is 0 Å². The van der Waals surface area contributed by atoms with E-state index in [1.807, 2.05) is 6.92 Å². The van der Waals surface area contributed by atoms with Gasteiger partial charge >= 0.3 is 0 Å². The molecule has 1 aliphatic heterocycles. The Bertz CT molecular complexity index is 439. The van der Waals surface area contributed by atoms with Gasteiger partial charge in [0.15, 0.2) is 11.6 Å². The van der Waals surface area contributed by atoms with Crippen LogP contribution in [0.15, 0.2) is 6.33 Å². The summed E-state index contributed by atoms with van der Waals surface area (Å²) in [6.07, 6.45) is 1.29. The van der Waals surface area contributed by atoms with Gasteiger partial charge in [-0.1, -0.05) is 6.92 Å². The van der Waals surface area contributed by atoms with Crippen LogP contribution in [-0.2, 0) is 6.42 Å². The predicted molar refractivity (Wildman–Crippen MR) is 64.8 cm³/mol. The molecule has 1 aliphatic rings. The molecule has 2 heterocycles. The summed E-state index contributed by atoms with van der Waals surface area (Å²) in [5, 5.41) is 19.7. The summed E-state index contributed by atoms with van der Waals surface area (Å²) in [7, 11) is 0. The number of aliphatic hydroxyl groups excluding tert-OH is 1. The van der Waals surface area contributed by atoms with Crippen LogP contribution in [0, 0.1) is 5.82 Å². The zero-order chi connectivity index (χ0) is 13.3. The lowest BCUT2D eigenvalue weighted by Crippen LogP contribution is -2.54. The van der Waals surface area contributed by atoms with Crippen molar-refractivity contribution in [2.75, 3.05) is 18.0 Å². The predicted octanol–water partition coefficient (Wildman–Crippen LogP) is 0.500. The van der Waals surface area contributed by atoms with Crippen molar-refractivity contribution in [2.24, 2.45) is 0 Å². The van der Waals surface area contributed by atoms with Gasteiger partial charge in [0.1, 0.15) is 6.33 Å². The van der Waals surface area contributed by atoms with Crippen LogP contribution in [0.1, 0.15) is 26.0 Å². The molecule has 2 rings (SSSR count). The zero-order valence-corrected chi connectivity index (χ0v) is 10.6. The number of aliphatic hydroxyl groups is 2. The van der Waals surface area contributed by atoms with E-state index in [0.717, 1.165) is 0 Å². The molecule has 18 heavy (non-hydrogen) atoms. The summed E-state index contributed by atoms with van der Waals surface area (Å²) >= 11 is 0. The van der Waals surface area contributed by atoms with Gasteiger partial charge in [0, 0.05) is 13.1 Å². The summed E-state index contributed by atoms with van der Waals surface area (Å²) < 4.78 is 14.1. The number of aromatic nitrogens is 2. The van der Waals surface area contributed by atoms with Gasteiger partial charge in [0.05, 0.1) is 17.4 Å². The summed E-state index contributed by atoms with van der Waals surface area (Å²) in [6.45, 7) is 4.04. The maximum atomic E-state index is 14.1. The smallest absolute Gasteiger partial charge is 0.187 e. The van der Waals surface area contributed by atoms with Gasteiger partial charge in [0.2, 0.25) is 0 Å². The largest absolute Gasteiger partial charge is 0.388 e. The third kappa shape index (κ3) is 2.30. The maximum Gasteiger partial charge on any atom is 0.187 e. The Hall–Kier alpha value is -1.27. The van der Waals surface area contributed by atoms with Crippen molar-refractivity contribution in [1.82, 2.24) is 9.97 Å². The average Bonchev–Trinajstić information content (AvgIpc) is 2.33. The Balaban J connectivity index is 2.24. The van der Waals surface area contributed by atoms with Crippen molar-refractivity contribution in [3.63, 3.8) is 0 Å². The Morgan fingerprint density at radius 1 is 1.56 bits per heavy atom. The van der Waals surface area contributed by atoms with Crippen molar-refractivity contribution >= 4 is 5.82 Å². The lowest BCUT2D eigenvalue weighted by molar-refractivity contribution is -0.0723. The standard InChI is InChI=1S/C12H18FN3O2/c1-3-8-10(13)11(15-7-14-8)16-5-4-12(2,18)9(17)6-16/h7,9,17-18H,3-6H2,1-2H3/t9-,12-/m0/s1. The molecule has 0 unspecified atom stereocenters. The van der Waals surface area contributed by atoms with Gasteiger partial charge in [0.25, 0.3) is 0 Å². The van der Waals surface area contributed by atoms with Gasteiger partial charge in [-0.15, -0.1) is 0 Å². The molecule has 2 N–H and O–H groups in total. The van der Waals surface area contributed by atoms with E-state index in [-0.39, 0.29) is 12.4 Å². The fourth-order valence-corrected chi connectivity index (χ4v) is 2.08. The van der Waals surface area contributed by atoms with E-state index < -0.39 is 17.5 Å². The van der Waals surface area contributed by atoms with Gasteiger partial charge in [-0.3, -0.25) is 0 Å². The molecule has 6 heteroatoms. The number of β-amino-alcohol motifs (C(OH)–C–C–N with tert-alkyl or cyclic N) is 1. The lowest BCUT2D eigenvalue weighted by Gasteiger charge is -2.40. The minimum absolute atomic E-state index is 0.171. The quantitative estimate of drug-likeness (QED) is 0.805. The van der Waals surface area contributed by atoms with E-state index in [4.69, 9.17) is 0 Å². The molecule has 0 amide bonds. The van der Waals surface area contributed by atoms with Crippen LogP contribution in [0.2, 0.25) is 0 Å². The SMILES string of the molecule is CCc1ncnc(N2CC[C@](C)(O)[C@@H](O)C2)c1F. The number of aryl methyl sites for hydroxylation is 1. The van der Waals surface area contributed by atoms with Gasteiger partial charge < -0.3 is 15.1 Å². The third-order valence-electron chi connectivity index (χ3n) is 3.48. The van der Waals surface area contributed by atoms with Gasteiger partial charge in [-0.05, 0) is 19.8 Å². The highest BCUT2D eigenvalue weighted by atomic mass is 19.1. The van der Waals surface area contributed by atoms with Crippen LogP contribution in [0.4, 0.5) is 10.2 Å². The van der Waals surface area contributed by atoms with Crippen LogP contribution in [-0.4, -0.2) is 45.0 Å². The van der Waals surface area contributed by atoms with Crippen LogP contribution in [0.3, 0.4) is 0 Å². The average molecular weight is 255 g/mol. The molecule has 0 aliphatic carbocycles. The highest BCUT2D eigenvalue weighted by Crippen LogP contribution is 2.27. The van der Waals surface area contributed by atoms with Crippen molar-refractivity contribution in [1.29, 1.82) is 0 Å². The second-order valence-electron chi connectivity index (χ2n) is 4.88. The molecule has 0 radical (unpaired) electrons. The Morgan fingerprint density at radius 3 is 2.89 bits per heavy atom. The number of anilines is 1. The second-order valence-corrected chi connectivity index (χ2v) is 4.88. The summed E-state index contributed by atoms with van der Waals surface area (Å²) in [6, 6.07) is 0. The Morgan fingerprint density at radius 2 is 2.28 bits per heavy atom. The van der Waals surface area contributed by atoms with E-state index in [1.54, 1.807) is 11.8 Å². The molecule has 1 fully saturated rings. The molecule has 0 bridgehead atoms. The first-order chi connectivity index (χ1) is 8.45. The lowest BCUT2D eigenvalue weighted by atomic mass is 9.91. The Labute approximate surface area is 105 Å². The zero-order valence-electron chi connectivity index (χ0n) is 10.6. The van der Waals surface area contributed by atoms with E-state index in [2.05, 4.69) is 9.97 Å². The fourth-order valence-electron chi connectivity index (χ4n) is 2.08. The first-order valence-corrected chi connectivity index (χ1v) is 6.10. The van der Waals surface area contributed by atoms with Crippen molar-refractivity contribution in [3.05, 3.63) is 17.8 Å². The first-order valence-electron chi connectivity index (χ1n) is 6.10. The van der Waals surface area contributed by atoms with Gasteiger partial charge in [-0.25, -0.2) is 14.4 Å². The van der Waals surface area contributed by atoms with Crippen LogP contribution in [0.25, 0.3) is 0 Å². The first kappa shape index (κ1) is 13.2. The molecule has 0 spiro atoms. The number of piperidine rings is 1. The molecule has 5 nitrogen and oxygen atoms in total. The molecule has 100 valence electrons. The van der Waals surface area contributed by atoms with E-state index >= 15 is 0 Å². The summed E-state index contributed by atoms with van der Waals surface area (Å²) in [4.78, 5) is 9.47. The second kappa shape index (κ2) is 4.78. The van der Waals surface area contributed by atoms with Crippen LogP contribution < -0.4 is 4.90 Å². The highest BCUT2D eigenvalue weighted by molar-refractivity contribution is 5.42. The summed E-state index contributed by atoms with van der Waals surface area (Å²) in [5.41, 5.74) is -0.750. The molecule has 1 saturated heterocycles. The van der Waals surface area contributed by atoms with E-state index in [1.165, 1.54) is 6.33 Å². The minimum Gasteiger partial charge on any atom is -0.388 e. The number of hydrogen-bond donors (Lipinski definition) is 2. The number of hydrogen-bond acceptors (Lipinski definition) is 5. The number of nitrogens with zero attached hydrogens (tertiary/aromatic N) is 3. The molecule has 1 aromatic rings. The molecule has 1 aromatic heterocycles. The van der Waals surface area contributed by atoms with Crippen LogP contribution in [0.5, 0.6) is 0 Å². The van der Waals surface area contributed by atoms with Crippen molar-refractivity contribution < 1.29 is 14.6 Å². The van der Waals surface area contributed by atoms with Crippen molar-refractivity contribution in [2.45, 2.75) is 38.4 Å². The monoisotopic (exact) mass is 255 g/mol. The molecule has 2 atom stereocenters. The Kier molecular flexibility index (Phi) is 3.49. The topological polar surface area (TPSA) is 69.5 Å². The normalized spacial score (nSPS) is 28.5. The minimum atomic E-state index is -1.12. The summed E-state index contributed by atoms with van der Waals surface area (Å²) in [5.74, 6) is -0.231. The van der Waals surface area contributed by atoms with Crippen molar-refractivity contribution in [3.8, 4) is 0 Å². The van der Waals surface area contributed by atoms with E-state index in [9.17, 15) is 14.6 Å². The third-order valence-corrected chi connectivity index (χ3v) is 3.48. The molecular weight excluding hydrogens is 237 g/mol. The molecular formula is C12H18FN3O2. The van der Waals surface area contributed by atoms with E-state index in [0.29, 0.717) is 25.1 Å². The number of rotatable bonds is 2. The fraction of sp³-hybridized carbons (Fsp3) is 0.667. The molecule has 0 aromatic carbocycles. The highest BCUT2D eigenvalue weighted by Gasteiger charge is 2.37. The van der Waals surface area contributed by atoms with Gasteiger partial charge in [-0.2, -0.15) is 0 Å².